The molecular formula is C15H10BrNOS. The van der Waals surface area contributed by atoms with Gasteiger partial charge in [0.05, 0.1) is 10.2 Å². The molecule has 0 unspecified atom stereocenters. The maximum atomic E-state index is 12.3. The van der Waals surface area contributed by atoms with Crippen LogP contribution < -0.4 is 0 Å². The van der Waals surface area contributed by atoms with Crippen LogP contribution in [0, 0.1) is 0 Å². The van der Waals surface area contributed by atoms with Crippen molar-refractivity contribution in [2.45, 2.75) is 6.42 Å². The van der Waals surface area contributed by atoms with Crippen molar-refractivity contribution in [2.24, 2.45) is 0 Å². The first-order valence-corrected chi connectivity index (χ1v) is 7.47. The highest BCUT2D eigenvalue weighted by Crippen LogP contribution is 2.24. The summed E-state index contributed by atoms with van der Waals surface area (Å²) in [4.78, 5) is 16.7. The van der Waals surface area contributed by atoms with E-state index in [1.165, 1.54) is 11.3 Å². The second-order valence-corrected chi connectivity index (χ2v) is 6.06. The standard InChI is InChI=1S/C15H10BrNOS/c16-11-6-2-1-5-10(11)9-13(18)15-17-12-7-3-4-8-14(12)19-15/h1-8H,9H2. The molecule has 0 N–H and O–H groups in total. The fraction of sp³-hybridized carbons (Fsp3) is 0.0667. The zero-order chi connectivity index (χ0) is 13.2. The Morgan fingerprint density at radius 1 is 1.11 bits per heavy atom. The van der Waals surface area contributed by atoms with Crippen molar-refractivity contribution < 1.29 is 4.79 Å². The number of hydrogen-bond donors (Lipinski definition) is 0. The van der Waals surface area contributed by atoms with E-state index in [0.717, 1.165) is 20.3 Å². The van der Waals surface area contributed by atoms with Gasteiger partial charge in [-0.25, -0.2) is 4.98 Å². The van der Waals surface area contributed by atoms with E-state index in [1.807, 2.05) is 48.5 Å². The predicted molar refractivity (Wildman–Crippen MR) is 81.8 cm³/mol. The molecule has 0 amide bonds. The number of rotatable bonds is 3. The first-order valence-electron chi connectivity index (χ1n) is 5.86. The van der Waals surface area contributed by atoms with Crippen LogP contribution in [0.5, 0.6) is 0 Å². The normalized spacial score (nSPS) is 10.8. The zero-order valence-corrected chi connectivity index (χ0v) is 12.4. The van der Waals surface area contributed by atoms with Gasteiger partial charge in [0.1, 0.15) is 0 Å². The average molecular weight is 332 g/mol. The van der Waals surface area contributed by atoms with E-state index in [0.29, 0.717) is 11.4 Å². The van der Waals surface area contributed by atoms with Gasteiger partial charge in [0, 0.05) is 10.9 Å². The number of Topliss-reactive ketones (excluding diaryl/α,β-unsaturated/α-hetero) is 1. The van der Waals surface area contributed by atoms with Crippen LogP contribution in [0.2, 0.25) is 0 Å². The fourth-order valence-corrected chi connectivity index (χ4v) is 3.21. The van der Waals surface area contributed by atoms with E-state index in [2.05, 4.69) is 20.9 Å². The smallest absolute Gasteiger partial charge is 0.195 e. The summed E-state index contributed by atoms with van der Waals surface area (Å²) in [5.41, 5.74) is 1.88. The molecule has 2 aromatic carbocycles. The Kier molecular flexibility index (Phi) is 3.44. The molecule has 19 heavy (non-hydrogen) atoms. The van der Waals surface area contributed by atoms with Crippen LogP contribution >= 0.6 is 27.3 Å². The maximum Gasteiger partial charge on any atom is 0.195 e. The number of aromatic nitrogens is 1. The van der Waals surface area contributed by atoms with Crippen molar-refractivity contribution in [3.05, 3.63) is 63.6 Å². The first-order chi connectivity index (χ1) is 9.24. The molecule has 0 saturated carbocycles. The fourth-order valence-electron chi connectivity index (χ4n) is 1.88. The molecule has 0 spiro atoms. The number of para-hydroxylation sites is 1. The van der Waals surface area contributed by atoms with Gasteiger partial charge in [0.2, 0.25) is 0 Å². The number of halogens is 1. The highest BCUT2D eigenvalue weighted by molar-refractivity contribution is 9.10. The van der Waals surface area contributed by atoms with Crippen LogP contribution in [-0.2, 0) is 6.42 Å². The molecule has 94 valence electrons. The van der Waals surface area contributed by atoms with Crippen molar-refractivity contribution in [1.82, 2.24) is 4.98 Å². The molecule has 3 aromatic rings. The van der Waals surface area contributed by atoms with Gasteiger partial charge in [-0.2, -0.15) is 0 Å². The Morgan fingerprint density at radius 2 is 1.84 bits per heavy atom. The van der Waals surface area contributed by atoms with Crippen LogP contribution in [0.3, 0.4) is 0 Å². The minimum atomic E-state index is 0.0631. The summed E-state index contributed by atoms with van der Waals surface area (Å²) in [7, 11) is 0. The highest BCUT2D eigenvalue weighted by Gasteiger charge is 2.13. The predicted octanol–water partition coefficient (Wildman–Crippen LogP) is 4.48. The molecule has 0 aliphatic rings. The lowest BCUT2D eigenvalue weighted by Crippen LogP contribution is -2.03. The molecular weight excluding hydrogens is 322 g/mol. The monoisotopic (exact) mass is 331 g/mol. The van der Waals surface area contributed by atoms with Gasteiger partial charge < -0.3 is 0 Å². The Bertz CT molecular complexity index is 717. The summed E-state index contributed by atoms with van der Waals surface area (Å²) in [5.74, 6) is 0.0631. The second-order valence-electron chi connectivity index (χ2n) is 4.18. The molecule has 0 aliphatic carbocycles. The van der Waals surface area contributed by atoms with E-state index < -0.39 is 0 Å². The molecule has 3 rings (SSSR count). The zero-order valence-electron chi connectivity index (χ0n) is 9.97. The van der Waals surface area contributed by atoms with Gasteiger partial charge in [-0.3, -0.25) is 4.79 Å². The summed E-state index contributed by atoms with van der Waals surface area (Å²) >= 11 is 4.92. The molecule has 0 bridgehead atoms. The topological polar surface area (TPSA) is 30.0 Å². The van der Waals surface area contributed by atoms with Crippen molar-refractivity contribution in [3.8, 4) is 0 Å². The molecule has 1 heterocycles. The summed E-state index contributed by atoms with van der Waals surface area (Å²) in [6.07, 6.45) is 0.376. The van der Waals surface area contributed by atoms with Crippen LogP contribution in [0.4, 0.5) is 0 Å². The van der Waals surface area contributed by atoms with Gasteiger partial charge in [-0.05, 0) is 23.8 Å². The number of ketones is 1. The molecule has 0 saturated heterocycles. The number of carbonyl (C=O) groups excluding carboxylic acids is 1. The minimum Gasteiger partial charge on any atom is -0.291 e. The summed E-state index contributed by atoms with van der Waals surface area (Å²) in [6, 6.07) is 15.6. The maximum absolute atomic E-state index is 12.3. The largest absolute Gasteiger partial charge is 0.291 e. The van der Waals surface area contributed by atoms with Crippen LogP contribution in [-0.4, -0.2) is 10.8 Å². The highest BCUT2D eigenvalue weighted by atomic mass is 79.9. The van der Waals surface area contributed by atoms with Crippen LogP contribution in [0.1, 0.15) is 15.4 Å². The van der Waals surface area contributed by atoms with E-state index in [9.17, 15) is 4.79 Å². The van der Waals surface area contributed by atoms with Crippen molar-refractivity contribution in [3.63, 3.8) is 0 Å². The van der Waals surface area contributed by atoms with Gasteiger partial charge >= 0.3 is 0 Å². The Balaban J connectivity index is 1.90. The lowest BCUT2D eigenvalue weighted by Gasteiger charge is -2.01. The molecule has 0 fully saturated rings. The Labute approximate surface area is 123 Å². The molecule has 2 nitrogen and oxygen atoms in total. The number of hydrogen-bond acceptors (Lipinski definition) is 3. The van der Waals surface area contributed by atoms with E-state index in [-0.39, 0.29) is 5.78 Å². The summed E-state index contributed by atoms with van der Waals surface area (Å²) in [5, 5.41) is 0.581. The second kappa shape index (κ2) is 5.23. The van der Waals surface area contributed by atoms with Gasteiger partial charge in [0.25, 0.3) is 0 Å². The lowest BCUT2D eigenvalue weighted by atomic mass is 10.1. The van der Waals surface area contributed by atoms with Crippen LogP contribution in [0.25, 0.3) is 10.2 Å². The molecule has 0 atom stereocenters. The number of benzene rings is 2. The van der Waals surface area contributed by atoms with Gasteiger partial charge in [0.15, 0.2) is 10.8 Å². The van der Waals surface area contributed by atoms with Crippen molar-refractivity contribution in [1.29, 1.82) is 0 Å². The van der Waals surface area contributed by atoms with E-state index in [4.69, 9.17) is 0 Å². The van der Waals surface area contributed by atoms with Gasteiger partial charge in [-0.1, -0.05) is 46.3 Å². The molecule has 0 aliphatic heterocycles. The third-order valence-electron chi connectivity index (χ3n) is 2.84. The number of thiazole rings is 1. The summed E-state index contributed by atoms with van der Waals surface area (Å²) < 4.78 is 2.02. The van der Waals surface area contributed by atoms with Crippen molar-refractivity contribution >= 4 is 43.3 Å². The Hall–Kier alpha value is -1.52. The minimum absolute atomic E-state index is 0.0631. The third kappa shape index (κ3) is 2.60. The molecule has 1 aromatic heterocycles. The molecule has 0 radical (unpaired) electrons. The van der Waals surface area contributed by atoms with E-state index in [1.54, 1.807) is 0 Å². The van der Waals surface area contributed by atoms with Crippen molar-refractivity contribution in [2.75, 3.05) is 0 Å². The lowest BCUT2D eigenvalue weighted by molar-refractivity contribution is 0.0992. The summed E-state index contributed by atoms with van der Waals surface area (Å²) in [6.45, 7) is 0. The third-order valence-corrected chi connectivity index (χ3v) is 4.69. The van der Waals surface area contributed by atoms with E-state index >= 15 is 0 Å². The number of nitrogens with zero attached hydrogens (tertiary/aromatic N) is 1. The first kappa shape index (κ1) is 12.5. The number of carbonyl (C=O) groups is 1. The molecule has 4 heteroatoms. The van der Waals surface area contributed by atoms with Crippen LogP contribution in [0.15, 0.2) is 53.0 Å². The number of fused-ring (bicyclic) bond motifs is 1. The van der Waals surface area contributed by atoms with Gasteiger partial charge in [-0.15, -0.1) is 11.3 Å². The average Bonchev–Trinajstić information content (AvgIpc) is 2.85. The Morgan fingerprint density at radius 3 is 2.63 bits per heavy atom. The quantitative estimate of drug-likeness (QED) is 0.662. The SMILES string of the molecule is O=C(Cc1ccccc1Br)c1nc2ccccc2s1.